The quantitative estimate of drug-likeness (QED) is 0.602. The van der Waals surface area contributed by atoms with E-state index in [1.54, 1.807) is 6.20 Å². The Balaban J connectivity index is 1.33. The van der Waals surface area contributed by atoms with Crippen molar-refractivity contribution in [2.45, 2.75) is 38.0 Å². The van der Waals surface area contributed by atoms with Gasteiger partial charge in [-0.1, -0.05) is 12.1 Å². The zero-order chi connectivity index (χ0) is 21.0. The Labute approximate surface area is 172 Å². The Hall–Kier alpha value is -2.87. The average molecular weight is 416 g/mol. The molecule has 8 heteroatoms. The Morgan fingerprint density at radius 1 is 1.13 bits per heavy atom. The molecule has 5 nitrogen and oxygen atoms in total. The SMILES string of the molecule is FC(F)(F)c1cccc(OCCc2cc(C3CCCN3Cc3ccccn3)n[nH]2)c1. The number of nitrogens with one attached hydrogen (secondary N) is 1. The minimum absolute atomic E-state index is 0.210. The van der Waals surface area contributed by atoms with E-state index in [0.717, 1.165) is 55.1 Å². The molecular formula is C22H23F3N4O. The van der Waals surface area contributed by atoms with Gasteiger partial charge >= 0.3 is 6.18 Å². The summed E-state index contributed by atoms with van der Waals surface area (Å²) in [6, 6.07) is 13.1. The largest absolute Gasteiger partial charge is 0.493 e. The molecule has 0 spiro atoms. The number of likely N-dealkylation sites (tertiary alicyclic amines) is 1. The topological polar surface area (TPSA) is 54.0 Å². The number of nitrogens with zero attached hydrogens (tertiary/aromatic N) is 3. The molecular weight excluding hydrogens is 393 g/mol. The summed E-state index contributed by atoms with van der Waals surface area (Å²) in [5.74, 6) is 0.210. The van der Waals surface area contributed by atoms with E-state index >= 15 is 0 Å². The summed E-state index contributed by atoms with van der Waals surface area (Å²) in [6.07, 6.45) is 0.115. The molecule has 3 aromatic rings. The molecule has 1 unspecified atom stereocenters. The van der Waals surface area contributed by atoms with Gasteiger partial charge in [0.1, 0.15) is 5.75 Å². The summed E-state index contributed by atoms with van der Waals surface area (Å²) in [6.45, 7) is 2.06. The van der Waals surface area contributed by atoms with Gasteiger partial charge in [0.25, 0.3) is 0 Å². The number of ether oxygens (including phenoxy) is 1. The number of rotatable bonds is 7. The van der Waals surface area contributed by atoms with Crippen LogP contribution in [-0.2, 0) is 19.1 Å². The molecule has 1 atom stereocenters. The van der Waals surface area contributed by atoms with E-state index in [1.807, 2.05) is 24.3 Å². The summed E-state index contributed by atoms with van der Waals surface area (Å²) in [5.41, 5.74) is 2.21. The fourth-order valence-corrected chi connectivity index (χ4v) is 3.77. The summed E-state index contributed by atoms with van der Waals surface area (Å²) in [7, 11) is 0. The number of halogens is 3. The van der Waals surface area contributed by atoms with Crippen molar-refractivity contribution in [3.8, 4) is 5.75 Å². The fraction of sp³-hybridized carbons (Fsp3) is 0.364. The van der Waals surface area contributed by atoms with Crippen molar-refractivity contribution < 1.29 is 17.9 Å². The van der Waals surface area contributed by atoms with E-state index in [0.29, 0.717) is 6.42 Å². The first-order chi connectivity index (χ1) is 14.5. The number of aromatic nitrogens is 3. The molecule has 1 aromatic carbocycles. The second kappa shape index (κ2) is 8.87. The highest BCUT2D eigenvalue weighted by molar-refractivity contribution is 5.30. The van der Waals surface area contributed by atoms with Gasteiger partial charge in [0, 0.05) is 24.9 Å². The Bertz CT molecular complexity index is 958. The molecule has 1 fully saturated rings. The van der Waals surface area contributed by atoms with Crippen molar-refractivity contribution in [1.82, 2.24) is 20.1 Å². The van der Waals surface area contributed by atoms with E-state index in [9.17, 15) is 13.2 Å². The number of hydrogen-bond donors (Lipinski definition) is 1. The molecule has 0 radical (unpaired) electrons. The third-order valence-corrected chi connectivity index (χ3v) is 5.25. The van der Waals surface area contributed by atoms with E-state index < -0.39 is 11.7 Å². The highest BCUT2D eigenvalue weighted by Crippen LogP contribution is 2.33. The van der Waals surface area contributed by atoms with Crippen molar-refractivity contribution in [3.05, 3.63) is 77.4 Å². The van der Waals surface area contributed by atoms with E-state index in [-0.39, 0.29) is 18.4 Å². The number of H-pyrrole nitrogens is 1. The van der Waals surface area contributed by atoms with Crippen molar-refractivity contribution in [2.75, 3.05) is 13.2 Å². The zero-order valence-electron chi connectivity index (χ0n) is 16.4. The van der Waals surface area contributed by atoms with Crippen LogP contribution in [0.2, 0.25) is 0 Å². The summed E-state index contributed by atoms with van der Waals surface area (Å²) in [5, 5.41) is 7.51. The van der Waals surface area contributed by atoms with Crippen LogP contribution < -0.4 is 4.74 Å². The van der Waals surface area contributed by atoms with Gasteiger partial charge in [0.15, 0.2) is 0 Å². The minimum Gasteiger partial charge on any atom is -0.493 e. The molecule has 0 saturated carbocycles. The molecule has 0 amide bonds. The smallest absolute Gasteiger partial charge is 0.416 e. The molecule has 1 N–H and O–H groups in total. The standard InChI is InChI=1S/C22H23F3N4O/c23-22(24,25)16-5-3-7-19(13-16)30-12-9-17-14-20(28-27-17)21-8-4-11-29(21)15-18-6-1-2-10-26-18/h1-3,5-7,10,13-14,21H,4,8-9,11-12,15H2,(H,27,28). The molecule has 0 aliphatic carbocycles. The van der Waals surface area contributed by atoms with Crippen molar-refractivity contribution in [2.24, 2.45) is 0 Å². The highest BCUT2D eigenvalue weighted by Gasteiger charge is 2.30. The highest BCUT2D eigenvalue weighted by atomic mass is 19.4. The van der Waals surface area contributed by atoms with Crippen LogP contribution in [0.4, 0.5) is 13.2 Å². The van der Waals surface area contributed by atoms with Crippen LogP contribution in [0.5, 0.6) is 5.75 Å². The maximum Gasteiger partial charge on any atom is 0.416 e. The number of aromatic amines is 1. The lowest BCUT2D eigenvalue weighted by Crippen LogP contribution is -2.23. The second-order valence-electron chi connectivity index (χ2n) is 7.39. The third-order valence-electron chi connectivity index (χ3n) is 5.25. The van der Waals surface area contributed by atoms with Crippen LogP contribution in [0.1, 0.15) is 41.5 Å². The van der Waals surface area contributed by atoms with Gasteiger partial charge in [0.05, 0.1) is 29.6 Å². The van der Waals surface area contributed by atoms with Crippen LogP contribution in [0, 0.1) is 0 Å². The van der Waals surface area contributed by atoms with Gasteiger partial charge in [-0.15, -0.1) is 0 Å². The molecule has 3 heterocycles. The number of hydrogen-bond acceptors (Lipinski definition) is 4. The fourth-order valence-electron chi connectivity index (χ4n) is 3.77. The van der Waals surface area contributed by atoms with Crippen LogP contribution >= 0.6 is 0 Å². The number of pyridine rings is 1. The molecule has 1 aliphatic heterocycles. The minimum atomic E-state index is -4.37. The normalized spacial score (nSPS) is 17.4. The first-order valence-corrected chi connectivity index (χ1v) is 9.97. The number of benzene rings is 1. The molecule has 158 valence electrons. The van der Waals surface area contributed by atoms with Crippen LogP contribution in [0.3, 0.4) is 0 Å². The second-order valence-corrected chi connectivity index (χ2v) is 7.39. The molecule has 1 aliphatic rings. The average Bonchev–Trinajstić information content (AvgIpc) is 3.38. The molecule has 2 aromatic heterocycles. The van der Waals surface area contributed by atoms with E-state index in [2.05, 4.69) is 20.1 Å². The molecule has 0 bridgehead atoms. The Morgan fingerprint density at radius 3 is 2.83 bits per heavy atom. The van der Waals surface area contributed by atoms with E-state index in [4.69, 9.17) is 4.74 Å². The maximum absolute atomic E-state index is 12.8. The van der Waals surface area contributed by atoms with Crippen molar-refractivity contribution >= 4 is 0 Å². The molecule has 1 saturated heterocycles. The van der Waals surface area contributed by atoms with Crippen LogP contribution in [-0.4, -0.2) is 33.2 Å². The predicted molar refractivity (Wildman–Crippen MR) is 106 cm³/mol. The van der Waals surface area contributed by atoms with Crippen molar-refractivity contribution in [3.63, 3.8) is 0 Å². The Morgan fingerprint density at radius 2 is 2.03 bits per heavy atom. The lowest BCUT2D eigenvalue weighted by Gasteiger charge is -2.22. The number of alkyl halides is 3. The van der Waals surface area contributed by atoms with Gasteiger partial charge in [-0.25, -0.2) is 0 Å². The van der Waals surface area contributed by atoms with Gasteiger partial charge in [-0.3, -0.25) is 15.0 Å². The van der Waals surface area contributed by atoms with Crippen LogP contribution in [0.15, 0.2) is 54.7 Å². The first-order valence-electron chi connectivity index (χ1n) is 9.97. The monoisotopic (exact) mass is 416 g/mol. The summed E-state index contributed by atoms with van der Waals surface area (Å²) < 4.78 is 43.9. The summed E-state index contributed by atoms with van der Waals surface area (Å²) in [4.78, 5) is 6.79. The van der Waals surface area contributed by atoms with Crippen LogP contribution in [0.25, 0.3) is 0 Å². The lowest BCUT2D eigenvalue weighted by atomic mass is 10.1. The zero-order valence-corrected chi connectivity index (χ0v) is 16.4. The first kappa shape index (κ1) is 20.4. The van der Waals surface area contributed by atoms with Gasteiger partial charge < -0.3 is 4.74 Å². The summed E-state index contributed by atoms with van der Waals surface area (Å²) >= 11 is 0. The lowest BCUT2D eigenvalue weighted by molar-refractivity contribution is -0.137. The Kier molecular flexibility index (Phi) is 6.03. The molecule has 4 rings (SSSR count). The molecule has 30 heavy (non-hydrogen) atoms. The third kappa shape index (κ3) is 4.99. The van der Waals surface area contributed by atoms with Gasteiger partial charge in [-0.05, 0) is 55.8 Å². The van der Waals surface area contributed by atoms with Gasteiger partial charge in [-0.2, -0.15) is 18.3 Å². The predicted octanol–water partition coefficient (Wildman–Crippen LogP) is 4.78. The van der Waals surface area contributed by atoms with E-state index in [1.165, 1.54) is 12.1 Å². The van der Waals surface area contributed by atoms with Gasteiger partial charge in [0.2, 0.25) is 0 Å². The maximum atomic E-state index is 12.8. The van der Waals surface area contributed by atoms with Crippen molar-refractivity contribution in [1.29, 1.82) is 0 Å².